The van der Waals surface area contributed by atoms with E-state index in [0.29, 0.717) is 25.2 Å². The lowest BCUT2D eigenvalue weighted by Gasteiger charge is -2.24. The monoisotopic (exact) mass is 326 g/mol. The largest absolute Gasteiger partial charge is 0.303 e. The van der Waals surface area contributed by atoms with Gasteiger partial charge in [-0.25, -0.2) is 13.0 Å². The number of fused-ring (bicyclic) bond motifs is 1. The number of hydrogen-bond acceptors (Lipinski definition) is 6. The van der Waals surface area contributed by atoms with Crippen LogP contribution in [0.1, 0.15) is 20.8 Å². The first kappa shape index (κ1) is 16.9. The second kappa shape index (κ2) is 7.17. The first-order valence-electron chi connectivity index (χ1n) is 7.48. The lowest BCUT2D eigenvalue weighted by atomic mass is 10.3. The second-order valence-electron chi connectivity index (χ2n) is 4.91. The molecule has 0 amide bonds. The van der Waals surface area contributed by atoms with Crippen molar-refractivity contribution in [2.45, 2.75) is 25.7 Å². The van der Waals surface area contributed by atoms with E-state index in [1.165, 1.54) is 4.31 Å². The molecule has 0 N–H and O–H groups in total. The summed E-state index contributed by atoms with van der Waals surface area (Å²) in [4.78, 5) is 2.34. The van der Waals surface area contributed by atoms with E-state index in [1.807, 2.05) is 6.92 Å². The molecule has 0 aliphatic rings. The summed E-state index contributed by atoms with van der Waals surface area (Å²) in [5.41, 5.74) is 0.727. The maximum Gasteiger partial charge on any atom is 0.245 e. The van der Waals surface area contributed by atoms with Crippen molar-refractivity contribution < 1.29 is 13.0 Å². The predicted octanol–water partition coefficient (Wildman–Crippen LogP) is 1.58. The quantitative estimate of drug-likeness (QED) is 0.733. The Morgan fingerprint density at radius 3 is 2.41 bits per heavy atom. The van der Waals surface area contributed by atoms with Gasteiger partial charge in [0.25, 0.3) is 0 Å². The van der Waals surface area contributed by atoms with Crippen molar-refractivity contribution in [3.05, 3.63) is 18.2 Å². The first-order valence-corrected chi connectivity index (χ1v) is 8.92. The number of aromatic nitrogens is 2. The number of sulfonamides is 1. The Bertz CT molecular complexity index is 710. The van der Waals surface area contributed by atoms with Crippen LogP contribution in [0.5, 0.6) is 0 Å². The zero-order valence-corrected chi connectivity index (χ0v) is 14.0. The van der Waals surface area contributed by atoms with E-state index in [4.69, 9.17) is 0 Å². The fourth-order valence-corrected chi connectivity index (χ4v) is 3.95. The maximum absolute atomic E-state index is 12.9. The summed E-state index contributed by atoms with van der Waals surface area (Å²) < 4.78 is 31.8. The molecule has 7 nitrogen and oxygen atoms in total. The molecule has 0 spiro atoms. The Morgan fingerprint density at radius 1 is 1.05 bits per heavy atom. The van der Waals surface area contributed by atoms with Crippen molar-refractivity contribution in [1.29, 1.82) is 0 Å². The molecule has 0 aliphatic carbocycles. The van der Waals surface area contributed by atoms with Crippen LogP contribution in [-0.4, -0.2) is 60.7 Å². The molecule has 1 heterocycles. The molecule has 0 fully saturated rings. The van der Waals surface area contributed by atoms with Crippen LogP contribution in [0, 0.1) is 0 Å². The summed E-state index contributed by atoms with van der Waals surface area (Å²) in [6, 6.07) is 4.87. The Hall–Kier alpha value is -1.51. The number of nitrogens with zero attached hydrogens (tertiary/aromatic N) is 4. The summed E-state index contributed by atoms with van der Waals surface area (Å²) >= 11 is 0. The van der Waals surface area contributed by atoms with Gasteiger partial charge in [-0.3, -0.25) is 0 Å². The fraction of sp³-hybridized carbons (Fsp3) is 0.571. The van der Waals surface area contributed by atoms with Gasteiger partial charge in [-0.1, -0.05) is 26.8 Å². The summed E-state index contributed by atoms with van der Waals surface area (Å²) in [7, 11) is -3.62. The highest BCUT2D eigenvalue weighted by atomic mass is 32.2. The van der Waals surface area contributed by atoms with E-state index in [-0.39, 0.29) is 10.4 Å². The van der Waals surface area contributed by atoms with Gasteiger partial charge in [-0.05, 0) is 35.5 Å². The SMILES string of the molecule is CCN(CC)CCN(CC)S(=O)(=O)c1cccc2nonc12. The van der Waals surface area contributed by atoms with Crippen molar-refractivity contribution in [1.82, 2.24) is 19.5 Å². The maximum atomic E-state index is 12.9. The highest BCUT2D eigenvalue weighted by Crippen LogP contribution is 2.23. The van der Waals surface area contributed by atoms with Crippen LogP contribution < -0.4 is 0 Å². The van der Waals surface area contributed by atoms with Crippen LogP contribution in [-0.2, 0) is 10.0 Å². The molecule has 0 atom stereocenters. The summed E-state index contributed by atoms with van der Waals surface area (Å²) in [5.74, 6) is 0. The van der Waals surface area contributed by atoms with Gasteiger partial charge in [0, 0.05) is 19.6 Å². The van der Waals surface area contributed by atoms with Crippen LogP contribution in [0.15, 0.2) is 27.7 Å². The number of likely N-dealkylation sites (N-methyl/N-ethyl adjacent to an activating group) is 2. The van der Waals surface area contributed by atoms with Gasteiger partial charge in [-0.2, -0.15) is 4.31 Å². The van der Waals surface area contributed by atoms with E-state index in [0.717, 1.165) is 13.1 Å². The summed E-state index contributed by atoms with van der Waals surface area (Å²) in [6.45, 7) is 9.32. The minimum atomic E-state index is -3.62. The third-order valence-corrected chi connectivity index (χ3v) is 5.79. The molecule has 8 heteroatoms. The van der Waals surface area contributed by atoms with Crippen molar-refractivity contribution in [3.63, 3.8) is 0 Å². The van der Waals surface area contributed by atoms with Crippen molar-refractivity contribution >= 4 is 21.1 Å². The lowest BCUT2D eigenvalue weighted by molar-refractivity contribution is 0.274. The Balaban J connectivity index is 2.29. The topological polar surface area (TPSA) is 79.5 Å². The van der Waals surface area contributed by atoms with Gasteiger partial charge in [-0.15, -0.1) is 0 Å². The zero-order valence-electron chi connectivity index (χ0n) is 13.2. The van der Waals surface area contributed by atoms with Crippen LogP contribution >= 0.6 is 0 Å². The average Bonchev–Trinajstić information content (AvgIpc) is 2.99. The molecule has 1 aromatic heterocycles. The molecular formula is C14H22N4O3S. The molecule has 0 bridgehead atoms. The van der Waals surface area contributed by atoms with Gasteiger partial charge < -0.3 is 4.90 Å². The fourth-order valence-electron chi connectivity index (χ4n) is 2.37. The zero-order chi connectivity index (χ0) is 16.2. The van der Waals surface area contributed by atoms with E-state index in [9.17, 15) is 8.42 Å². The molecule has 2 aromatic rings. The Kier molecular flexibility index (Phi) is 5.49. The van der Waals surface area contributed by atoms with Gasteiger partial charge in [0.05, 0.1) is 0 Å². The van der Waals surface area contributed by atoms with Crippen LogP contribution in [0.2, 0.25) is 0 Å². The third-order valence-electron chi connectivity index (χ3n) is 3.78. The number of rotatable bonds is 8. The minimum absolute atomic E-state index is 0.146. The van der Waals surface area contributed by atoms with E-state index in [1.54, 1.807) is 18.2 Å². The molecular weight excluding hydrogens is 304 g/mol. The summed E-state index contributed by atoms with van der Waals surface area (Å²) in [6.07, 6.45) is 0. The molecule has 1 aromatic carbocycles. The third kappa shape index (κ3) is 3.29. The van der Waals surface area contributed by atoms with Crippen LogP contribution in [0.3, 0.4) is 0 Å². The minimum Gasteiger partial charge on any atom is -0.303 e. The number of benzene rings is 1. The normalized spacial score (nSPS) is 12.6. The van der Waals surface area contributed by atoms with E-state index < -0.39 is 10.0 Å². The van der Waals surface area contributed by atoms with Gasteiger partial charge in [0.2, 0.25) is 10.0 Å². The highest BCUT2D eigenvalue weighted by molar-refractivity contribution is 7.89. The molecule has 0 saturated heterocycles. The molecule has 0 aliphatic heterocycles. The van der Waals surface area contributed by atoms with Gasteiger partial charge >= 0.3 is 0 Å². The van der Waals surface area contributed by atoms with Crippen molar-refractivity contribution in [2.75, 3.05) is 32.7 Å². The van der Waals surface area contributed by atoms with Crippen LogP contribution in [0.4, 0.5) is 0 Å². The lowest BCUT2D eigenvalue weighted by Crippen LogP contribution is -2.38. The second-order valence-corrected chi connectivity index (χ2v) is 6.82. The predicted molar refractivity (Wildman–Crippen MR) is 84.0 cm³/mol. The molecule has 0 saturated carbocycles. The molecule has 22 heavy (non-hydrogen) atoms. The summed E-state index contributed by atoms with van der Waals surface area (Å²) in [5, 5.41) is 7.43. The number of hydrogen-bond donors (Lipinski definition) is 0. The Labute approximate surface area is 130 Å². The standard InChI is InChI=1S/C14H22N4O3S/c1-4-17(5-2)10-11-18(6-3)22(19,20)13-9-7-8-12-14(13)16-21-15-12/h7-9H,4-6,10-11H2,1-3H3. The molecule has 0 unspecified atom stereocenters. The highest BCUT2D eigenvalue weighted by Gasteiger charge is 2.27. The van der Waals surface area contributed by atoms with E-state index in [2.05, 4.69) is 33.7 Å². The van der Waals surface area contributed by atoms with E-state index >= 15 is 0 Å². The molecule has 0 radical (unpaired) electrons. The van der Waals surface area contributed by atoms with Crippen molar-refractivity contribution in [2.24, 2.45) is 0 Å². The van der Waals surface area contributed by atoms with Gasteiger partial charge in [0.1, 0.15) is 10.4 Å². The smallest absolute Gasteiger partial charge is 0.245 e. The van der Waals surface area contributed by atoms with Crippen molar-refractivity contribution in [3.8, 4) is 0 Å². The molecule has 122 valence electrons. The molecule has 2 rings (SSSR count). The van der Waals surface area contributed by atoms with Gasteiger partial charge in [0.15, 0.2) is 5.52 Å². The first-order chi connectivity index (χ1) is 10.5. The average molecular weight is 326 g/mol. The Morgan fingerprint density at radius 2 is 1.77 bits per heavy atom. The van der Waals surface area contributed by atoms with Crippen LogP contribution in [0.25, 0.3) is 11.0 Å².